The second-order valence-corrected chi connectivity index (χ2v) is 10.8. The molecule has 0 radical (unpaired) electrons. The molecule has 4 atom stereocenters. The first-order valence-electron chi connectivity index (χ1n) is 10.9. The molecule has 5 aliphatic rings. The van der Waals surface area contributed by atoms with E-state index in [9.17, 15) is 5.11 Å². The zero-order valence-corrected chi connectivity index (χ0v) is 18.5. The van der Waals surface area contributed by atoms with Gasteiger partial charge in [0.2, 0.25) is 0 Å². The highest BCUT2D eigenvalue weighted by molar-refractivity contribution is 9.10. The van der Waals surface area contributed by atoms with Gasteiger partial charge < -0.3 is 15.2 Å². The van der Waals surface area contributed by atoms with Gasteiger partial charge >= 0.3 is 0 Å². The standard InChI is InChI=1S/C22H32BrN3O2/c1-13-10-26(11-14(2)28-13)12-16-5-19(23)24-20(6-16)25-21-17-3-15-4-18(21)9-22(27,7-15)8-17/h5-6,13-15,17-18,21,27H,3-4,7-12H2,1-2H3,(H,24,25)/t13-,14+,15?,17?,18?,21?,22?. The number of rotatable bonds is 4. The second-order valence-electron chi connectivity index (χ2n) is 10.00. The summed E-state index contributed by atoms with van der Waals surface area (Å²) in [4.78, 5) is 7.20. The zero-order valence-electron chi connectivity index (χ0n) is 16.9. The Labute approximate surface area is 176 Å². The quantitative estimate of drug-likeness (QED) is 0.684. The van der Waals surface area contributed by atoms with Crippen LogP contribution in [0.25, 0.3) is 0 Å². The monoisotopic (exact) mass is 449 g/mol. The molecule has 154 valence electrons. The third-order valence-electron chi connectivity index (χ3n) is 7.31. The Morgan fingerprint density at radius 1 is 1.18 bits per heavy atom. The van der Waals surface area contributed by atoms with Crippen molar-refractivity contribution in [2.45, 2.75) is 76.3 Å². The summed E-state index contributed by atoms with van der Waals surface area (Å²) < 4.78 is 6.76. The van der Waals surface area contributed by atoms with E-state index in [1.54, 1.807) is 0 Å². The number of morpholine rings is 1. The molecular formula is C22H32BrN3O2. The van der Waals surface area contributed by atoms with Crippen LogP contribution >= 0.6 is 15.9 Å². The Balaban J connectivity index is 1.30. The molecule has 0 aromatic carbocycles. The van der Waals surface area contributed by atoms with E-state index in [0.717, 1.165) is 55.2 Å². The molecule has 2 unspecified atom stereocenters. The minimum Gasteiger partial charge on any atom is -0.390 e. The minimum absolute atomic E-state index is 0.283. The van der Waals surface area contributed by atoms with Crippen LogP contribution in [0.5, 0.6) is 0 Å². The Morgan fingerprint density at radius 2 is 1.86 bits per heavy atom. The summed E-state index contributed by atoms with van der Waals surface area (Å²) >= 11 is 3.62. The summed E-state index contributed by atoms with van der Waals surface area (Å²) in [7, 11) is 0. The van der Waals surface area contributed by atoms with E-state index in [0.29, 0.717) is 17.9 Å². The van der Waals surface area contributed by atoms with Crippen LogP contribution in [0.1, 0.15) is 51.5 Å². The maximum atomic E-state index is 10.8. The van der Waals surface area contributed by atoms with Gasteiger partial charge in [-0.25, -0.2) is 4.98 Å². The lowest BCUT2D eigenvalue weighted by molar-refractivity contribution is -0.129. The molecule has 1 aromatic rings. The first kappa shape index (κ1) is 19.3. The van der Waals surface area contributed by atoms with Crippen LogP contribution in [0.15, 0.2) is 16.7 Å². The Bertz CT molecular complexity index is 718. The minimum atomic E-state index is -0.381. The second kappa shape index (κ2) is 7.22. The van der Waals surface area contributed by atoms with Gasteiger partial charge in [0, 0.05) is 25.7 Å². The normalized spacial score (nSPS) is 42.7. The molecule has 2 N–H and O–H groups in total. The van der Waals surface area contributed by atoms with E-state index < -0.39 is 0 Å². The van der Waals surface area contributed by atoms with Crippen LogP contribution in [0, 0.1) is 17.8 Å². The molecule has 1 aliphatic heterocycles. The van der Waals surface area contributed by atoms with E-state index >= 15 is 0 Å². The summed E-state index contributed by atoms with van der Waals surface area (Å²) in [6.07, 6.45) is 6.05. The van der Waals surface area contributed by atoms with Crippen molar-refractivity contribution in [3.63, 3.8) is 0 Å². The van der Waals surface area contributed by atoms with Crippen LogP contribution < -0.4 is 5.32 Å². The van der Waals surface area contributed by atoms with Crippen molar-refractivity contribution in [1.82, 2.24) is 9.88 Å². The van der Waals surface area contributed by atoms with Gasteiger partial charge in [-0.1, -0.05) is 0 Å². The highest BCUT2D eigenvalue weighted by Crippen LogP contribution is 2.56. The van der Waals surface area contributed by atoms with Gasteiger partial charge in [0.1, 0.15) is 10.4 Å². The van der Waals surface area contributed by atoms with Crippen LogP contribution in [0.4, 0.5) is 5.82 Å². The molecule has 4 bridgehead atoms. The van der Waals surface area contributed by atoms with Crippen LogP contribution in [-0.4, -0.2) is 51.9 Å². The van der Waals surface area contributed by atoms with Crippen molar-refractivity contribution in [1.29, 1.82) is 0 Å². The summed E-state index contributed by atoms with van der Waals surface area (Å²) in [6, 6.07) is 4.81. The first-order valence-corrected chi connectivity index (χ1v) is 11.7. The lowest BCUT2D eigenvalue weighted by atomic mass is 9.52. The number of aliphatic hydroxyl groups is 1. The summed E-state index contributed by atoms with van der Waals surface area (Å²) in [6.45, 7) is 7.17. The van der Waals surface area contributed by atoms with Gasteiger partial charge in [0.05, 0.1) is 17.8 Å². The van der Waals surface area contributed by atoms with E-state index in [-0.39, 0.29) is 17.8 Å². The van der Waals surface area contributed by atoms with E-state index in [1.807, 2.05) is 0 Å². The number of halogens is 1. The van der Waals surface area contributed by atoms with E-state index in [4.69, 9.17) is 9.72 Å². The molecule has 28 heavy (non-hydrogen) atoms. The van der Waals surface area contributed by atoms with Crippen LogP contribution in [0.2, 0.25) is 0 Å². The van der Waals surface area contributed by atoms with Gasteiger partial charge in [0.25, 0.3) is 0 Å². The number of aromatic nitrogens is 1. The first-order chi connectivity index (χ1) is 13.3. The third-order valence-corrected chi connectivity index (χ3v) is 7.72. The lowest BCUT2D eigenvalue weighted by Crippen LogP contribution is -2.59. The fourth-order valence-electron chi connectivity index (χ4n) is 6.77. The molecule has 5 fully saturated rings. The highest BCUT2D eigenvalue weighted by atomic mass is 79.9. The molecule has 2 heterocycles. The average Bonchev–Trinajstić information content (AvgIpc) is 2.55. The van der Waals surface area contributed by atoms with E-state index in [2.05, 4.69) is 52.1 Å². The molecule has 1 saturated heterocycles. The van der Waals surface area contributed by atoms with Gasteiger partial charge in [-0.15, -0.1) is 0 Å². The fraction of sp³-hybridized carbons (Fsp3) is 0.773. The van der Waals surface area contributed by atoms with Crippen molar-refractivity contribution in [3.05, 3.63) is 22.3 Å². The van der Waals surface area contributed by atoms with Crippen molar-refractivity contribution in [2.75, 3.05) is 18.4 Å². The molecule has 1 aromatic heterocycles. The summed E-state index contributed by atoms with van der Waals surface area (Å²) in [5.74, 6) is 2.88. The Morgan fingerprint density at radius 3 is 2.50 bits per heavy atom. The predicted octanol–water partition coefficient (Wildman–Crippen LogP) is 3.80. The molecule has 0 amide bonds. The smallest absolute Gasteiger partial charge is 0.127 e. The molecule has 0 spiro atoms. The van der Waals surface area contributed by atoms with Crippen LogP contribution in [-0.2, 0) is 11.3 Å². The van der Waals surface area contributed by atoms with Crippen molar-refractivity contribution >= 4 is 21.7 Å². The maximum absolute atomic E-state index is 10.8. The molecule has 4 saturated carbocycles. The van der Waals surface area contributed by atoms with Crippen molar-refractivity contribution in [2.24, 2.45) is 17.8 Å². The van der Waals surface area contributed by atoms with Gasteiger partial charge in [0.15, 0.2) is 0 Å². The number of hydrogen-bond donors (Lipinski definition) is 2. The zero-order chi connectivity index (χ0) is 19.5. The highest BCUT2D eigenvalue weighted by Gasteiger charge is 2.54. The largest absolute Gasteiger partial charge is 0.390 e. The number of pyridine rings is 1. The SMILES string of the molecule is C[C@@H]1CN(Cc2cc(Br)nc(NC3C4CC5CC3CC(O)(C5)C4)c2)C[C@H](C)O1. The fourth-order valence-corrected chi connectivity index (χ4v) is 7.26. The Hall–Kier alpha value is -0.690. The van der Waals surface area contributed by atoms with Crippen molar-refractivity contribution in [3.8, 4) is 0 Å². The van der Waals surface area contributed by atoms with Crippen LogP contribution in [0.3, 0.4) is 0 Å². The van der Waals surface area contributed by atoms with Gasteiger partial charge in [-0.05, 0) is 97.3 Å². The summed E-state index contributed by atoms with van der Waals surface area (Å²) in [5.41, 5.74) is 0.905. The molecule has 6 heteroatoms. The van der Waals surface area contributed by atoms with Gasteiger partial charge in [-0.2, -0.15) is 0 Å². The molecule has 4 aliphatic carbocycles. The average molecular weight is 450 g/mol. The number of anilines is 1. The lowest BCUT2D eigenvalue weighted by Gasteiger charge is -2.58. The maximum Gasteiger partial charge on any atom is 0.127 e. The summed E-state index contributed by atoms with van der Waals surface area (Å²) in [5, 5.41) is 14.6. The molecular weight excluding hydrogens is 418 g/mol. The van der Waals surface area contributed by atoms with E-state index in [1.165, 1.54) is 18.4 Å². The number of ether oxygens (including phenoxy) is 1. The Kier molecular flexibility index (Phi) is 4.97. The van der Waals surface area contributed by atoms with Gasteiger partial charge in [-0.3, -0.25) is 4.90 Å². The number of nitrogens with zero attached hydrogens (tertiary/aromatic N) is 2. The van der Waals surface area contributed by atoms with Crippen molar-refractivity contribution < 1.29 is 9.84 Å². The molecule has 6 rings (SSSR count). The molecule has 5 nitrogen and oxygen atoms in total. The number of nitrogens with one attached hydrogen (secondary N) is 1. The third kappa shape index (κ3) is 3.85. The number of hydrogen-bond acceptors (Lipinski definition) is 5. The topological polar surface area (TPSA) is 57.6 Å². The predicted molar refractivity (Wildman–Crippen MR) is 113 cm³/mol.